The van der Waals surface area contributed by atoms with Crippen LogP contribution in [0.3, 0.4) is 0 Å². The molecule has 6 fully saturated rings. The number of hydrogen-bond acceptors (Lipinski definition) is 23. The summed E-state index contributed by atoms with van der Waals surface area (Å²) in [5.41, 5.74) is 0. The minimum absolute atomic E-state index is 0. The normalized spacial score (nSPS) is 16.9. The monoisotopic (exact) mass is 588 g/mol. The van der Waals surface area contributed by atoms with E-state index in [9.17, 15) is 0 Å². The molecular formula is C8H12Mg4O24. The molecule has 196 valence electrons. The van der Waals surface area contributed by atoms with Crippen LogP contribution in [0.25, 0.3) is 0 Å². The summed E-state index contributed by atoms with van der Waals surface area (Å²) in [4.78, 5) is 66.3. The van der Waals surface area contributed by atoms with Gasteiger partial charge < -0.3 is 78.9 Å². The third kappa shape index (κ3) is 60.0. The van der Waals surface area contributed by atoms with E-state index in [2.05, 4.69) is 93.8 Å². The predicted molar refractivity (Wildman–Crippen MR) is 90.5 cm³/mol. The standard InChI is InChI=1S/6CHO3.CH2O3.CHO2.4Mg.H2O.H2/c6*1-2-4-3-1;2-1-4-3;2-1-3;;;;;;/h6*1H;1,3H;(H,2,3);;;;;1H2;1H/q6*-1;;-1;4*+2;;/p-1. The van der Waals surface area contributed by atoms with E-state index in [-0.39, 0.29) is 106 Å². The van der Waals surface area contributed by atoms with Crippen molar-refractivity contribution in [1.29, 1.82) is 0 Å². The first kappa shape index (κ1) is 53.5. The molecular weight excluding hydrogens is 577 g/mol. The SMILES string of the molecule is O=COO.O=[C-]O.[CH-]1OOO1.[CH-]1OOO1.[CH-]1OOO1.[CH-]1OOO1.[CH-]1OOO1.[CH-]1OOO1.[HH].[Mg+2].[Mg+2].[Mg+2].[Mg+2].[OH-]. The van der Waals surface area contributed by atoms with E-state index in [4.69, 9.17) is 20.0 Å². The number of carbonyl (C=O) groups is 1. The Balaban J connectivity index is -0.0000000424. The number of rotatable bonds is 1. The minimum atomic E-state index is -0.0694. The maximum absolute atomic E-state index is 8.70. The second-order valence-corrected chi connectivity index (χ2v) is 2.43. The van der Waals surface area contributed by atoms with Crippen LogP contribution in [0.5, 0.6) is 0 Å². The summed E-state index contributed by atoms with van der Waals surface area (Å²) >= 11 is 0. The molecule has 0 aliphatic carbocycles. The number of carbonyl (C=O) groups excluding carboxylic acids is 1. The molecule has 6 saturated heterocycles. The van der Waals surface area contributed by atoms with Crippen LogP contribution >= 0.6 is 0 Å². The molecule has 24 nitrogen and oxygen atoms in total. The fraction of sp³-hybridized carbons (Fsp3) is 0. The van der Waals surface area contributed by atoms with Gasteiger partial charge in [-0.2, -0.15) is 0 Å². The summed E-state index contributed by atoms with van der Waals surface area (Å²) in [6, 6.07) is 0. The van der Waals surface area contributed by atoms with Crippen LogP contribution in [0.2, 0.25) is 0 Å². The maximum atomic E-state index is 8.70. The summed E-state index contributed by atoms with van der Waals surface area (Å²) in [5, 5.41) is 35.8. The molecule has 6 aliphatic heterocycles. The molecule has 6 rings (SSSR count). The molecule has 0 saturated carbocycles. The quantitative estimate of drug-likeness (QED) is 0.108. The first-order valence-corrected chi connectivity index (χ1v) is 5.91. The molecule has 0 radical (unpaired) electrons. The Bertz CT molecular complexity index is 244. The zero-order valence-corrected chi connectivity index (χ0v) is 22.9. The predicted octanol–water partition coefficient (Wildman–Crippen LogP) is -2.22. The van der Waals surface area contributed by atoms with Crippen molar-refractivity contribution in [3.8, 4) is 0 Å². The van der Waals surface area contributed by atoms with Crippen molar-refractivity contribution in [3.05, 3.63) is 40.8 Å². The molecule has 28 heteroatoms. The van der Waals surface area contributed by atoms with E-state index in [1.54, 1.807) is 0 Å². The molecule has 0 amide bonds. The second-order valence-electron chi connectivity index (χ2n) is 2.43. The minimum Gasteiger partial charge on any atom is -0.870 e. The fourth-order valence-electron chi connectivity index (χ4n) is 0.236. The largest absolute Gasteiger partial charge is 2.00 e. The number of hydrogen-bond donors (Lipinski definition) is 2. The molecule has 0 atom stereocenters. The van der Waals surface area contributed by atoms with Crippen molar-refractivity contribution in [3.63, 3.8) is 0 Å². The summed E-state index contributed by atoms with van der Waals surface area (Å²) in [7, 11) is 0. The average molecular weight is 589 g/mol. The van der Waals surface area contributed by atoms with Gasteiger partial charge in [-0.25, -0.2) is 5.26 Å². The third-order valence-electron chi connectivity index (χ3n) is 0.986. The van der Waals surface area contributed by atoms with E-state index >= 15 is 0 Å². The van der Waals surface area contributed by atoms with Crippen molar-refractivity contribution in [2.45, 2.75) is 0 Å². The van der Waals surface area contributed by atoms with Gasteiger partial charge in [0.2, 0.25) is 0 Å². The molecule has 36 heavy (non-hydrogen) atoms. The van der Waals surface area contributed by atoms with Gasteiger partial charge in [-0.3, -0.25) is 4.79 Å². The average Bonchev–Trinajstić information content (AvgIpc) is 2.36. The molecule has 6 aliphatic rings. The van der Waals surface area contributed by atoms with E-state index in [1.807, 2.05) is 0 Å². The maximum Gasteiger partial charge on any atom is 2.00 e. The third-order valence-corrected chi connectivity index (χ3v) is 0.986. The summed E-state index contributed by atoms with van der Waals surface area (Å²) in [6.45, 7) is 6.93. The van der Waals surface area contributed by atoms with Gasteiger partial charge in [0.1, 0.15) is 0 Å². The van der Waals surface area contributed by atoms with Crippen molar-refractivity contribution in [1.82, 2.24) is 0 Å². The summed E-state index contributed by atoms with van der Waals surface area (Å²) in [6.07, 6.45) is 0. The van der Waals surface area contributed by atoms with Crippen LogP contribution in [0, 0.1) is 40.8 Å². The van der Waals surface area contributed by atoms with Crippen LogP contribution in [0.1, 0.15) is 1.43 Å². The van der Waals surface area contributed by atoms with E-state index in [0.717, 1.165) is 40.8 Å². The van der Waals surface area contributed by atoms with Gasteiger partial charge in [0.25, 0.3) is 0 Å². The van der Waals surface area contributed by atoms with E-state index < -0.39 is 0 Å². The van der Waals surface area contributed by atoms with Crippen LogP contribution in [-0.2, 0) is 103 Å². The molecule has 0 aromatic carbocycles. The zero-order chi connectivity index (χ0) is 23.1. The van der Waals surface area contributed by atoms with Crippen molar-refractivity contribution >= 4 is 105 Å². The molecule has 6 heterocycles. The Morgan fingerprint density at radius 1 is 0.556 bits per heavy atom. The first-order chi connectivity index (χ1) is 15.3. The van der Waals surface area contributed by atoms with Crippen molar-refractivity contribution in [2.24, 2.45) is 0 Å². The molecule has 0 unspecified atom stereocenters. The van der Waals surface area contributed by atoms with Gasteiger partial charge in [0, 0.05) is 1.43 Å². The molecule has 0 bridgehead atoms. The number of aliphatic hydroxyl groups excluding tert-OH is 1. The summed E-state index contributed by atoms with van der Waals surface area (Å²) < 4.78 is 0. The topological polar surface area (TPSA) is 280 Å². The Hall–Kier alpha value is 1.20. The van der Waals surface area contributed by atoms with Crippen LogP contribution in [-0.4, -0.2) is 121 Å². The van der Waals surface area contributed by atoms with Crippen molar-refractivity contribution < 1.29 is 121 Å². The first-order valence-electron chi connectivity index (χ1n) is 5.91. The van der Waals surface area contributed by atoms with Gasteiger partial charge in [-0.05, 0) is 40.8 Å². The Morgan fingerprint density at radius 2 is 0.611 bits per heavy atom. The van der Waals surface area contributed by atoms with Crippen LogP contribution in [0.15, 0.2) is 0 Å². The molecule has 0 spiro atoms. The van der Waals surface area contributed by atoms with E-state index in [1.165, 1.54) is 0 Å². The molecule has 0 aromatic rings. The Labute approximate surface area is 264 Å². The van der Waals surface area contributed by atoms with Gasteiger partial charge in [0.15, 0.2) is 0 Å². The van der Waals surface area contributed by atoms with Gasteiger partial charge >= 0.3 is 98.7 Å². The smallest absolute Gasteiger partial charge is 0.870 e. The molecule has 3 N–H and O–H groups in total. The Morgan fingerprint density at radius 3 is 0.611 bits per heavy atom. The zero-order valence-electron chi connectivity index (χ0n) is 17.3. The molecule has 0 aromatic heterocycles. The van der Waals surface area contributed by atoms with Crippen LogP contribution < -0.4 is 0 Å². The van der Waals surface area contributed by atoms with Crippen molar-refractivity contribution in [2.75, 3.05) is 0 Å². The summed E-state index contributed by atoms with van der Waals surface area (Å²) in [5.74, 6) is 0. The second kappa shape index (κ2) is 56.4. The fourth-order valence-corrected chi connectivity index (χ4v) is 0.236. The van der Waals surface area contributed by atoms with Gasteiger partial charge in [-0.1, -0.05) is 6.47 Å². The van der Waals surface area contributed by atoms with Crippen LogP contribution in [0.4, 0.5) is 0 Å². The van der Waals surface area contributed by atoms with E-state index in [0.29, 0.717) is 6.47 Å². The van der Waals surface area contributed by atoms with Gasteiger partial charge in [-0.15, -0.1) is 30.2 Å². The van der Waals surface area contributed by atoms with Gasteiger partial charge in [0.05, 0.1) is 0 Å². The Kier molecular flexibility index (Phi) is 83.8.